The summed E-state index contributed by atoms with van der Waals surface area (Å²) in [7, 11) is 0. The molecule has 2 atom stereocenters. The van der Waals surface area contributed by atoms with E-state index in [9.17, 15) is 4.79 Å². The molecule has 9 heteroatoms. The molecule has 0 radical (unpaired) electrons. The first kappa shape index (κ1) is 18.0. The SMILES string of the molecule is C=C(C)[C@H]1COC(=O)N1c1nc(C)nc(N[C@@H](C)c2ccc3c(c2)OCO3)n1. The summed E-state index contributed by atoms with van der Waals surface area (Å²) < 4.78 is 15.9. The molecule has 0 saturated carbocycles. The molecule has 0 spiro atoms. The van der Waals surface area contributed by atoms with Crippen LogP contribution in [0.25, 0.3) is 0 Å². The van der Waals surface area contributed by atoms with Crippen molar-refractivity contribution < 1.29 is 19.0 Å². The van der Waals surface area contributed by atoms with Crippen molar-refractivity contribution in [1.29, 1.82) is 0 Å². The average Bonchev–Trinajstić information content (AvgIpc) is 3.26. The highest BCUT2D eigenvalue weighted by Crippen LogP contribution is 2.34. The number of carbonyl (C=O) groups excluding carboxylic acids is 1. The zero-order chi connectivity index (χ0) is 19.8. The van der Waals surface area contributed by atoms with Crippen LogP contribution in [0.1, 0.15) is 31.3 Å². The molecule has 2 aromatic rings. The second-order valence-electron chi connectivity index (χ2n) is 6.79. The van der Waals surface area contributed by atoms with Gasteiger partial charge in [-0.05, 0) is 38.5 Å². The Kier molecular flexibility index (Phi) is 4.50. The second-order valence-corrected chi connectivity index (χ2v) is 6.79. The van der Waals surface area contributed by atoms with Crippen LogP contribution >= 0.6 is 0 Å². The van der Waals surface area contributed by atoms with Gasteiger partial charge in [0.15, 0.2) is 11.5 Å². The minimum absolute atomic E-state index is 0.105. The van der Waals surface area contributed by atoms with Gasteiger partial charge >= 0.3 is 6.09 Å². The number of ether oxygens (including phenoxy) is 3. The predicted molar refractivity (Wildman–Crippen MR) is 102 cm³/mol. The van der Waals surface area contributed by atoms with Gasteiger partial charge in [-0.1, -0.05) is 18.2 Å². The molecule has 28 heavy (non-hydrogen) atoms. The molecule has 1 aromatic carbocycles. The van der Waals surface area contributed by atoms with Crippen LogP contribution in [-0.4, -0.2) is 40.5 Å². The van der Waals surface area contributed by atoms with Gasteiger partial charge in [-0.3, -0.25) is 0 Å². The molecule has 1 fully saturated rings. The Labute approximate surface area is 162 Å². The Bertz CT molecular complexity index is 948. The Morgan fingerprint density at radius 2 is 2.04 bits per heavy atom. The van der Waals surface area contributed by atoms with Crippen molar-refractivity contribution in [3.8, 4) is 11.5 Å². The van der Waals surface area contributed by atoms with Crippen molar-refractivity contribution in [1.82, 2.24) is 15.0 Å². The number of aromatic nitrogens is 3. The smallest absolute Gasteiger partial charge is 0.417 e. The van der Waals surface area contributed by atoms with Gasteiger partial charge in [0.2, 0.25) is 18.7 Å². The van der Waals surface area contributed by atoms with Gasteiger partial charge in [0.05, 0.1) is 12.1 Å². The van der Waals surface area contributed by atoms with Crippen molar-refractivity contribution in [3.05, 3.63) is 41.7 Å². The predicted octanol–water partition coefficient (Wildman–Crippen LogP) is 2.98. The standard InChI is InChI=1S/C19H21N5O4/c1-10(2)14-8-26-19(25)24(14)18-22-12(4)21-17(23-18)20-11(3)13-5-6-15-16(7-13)28-9-27-15/h5-7,11,14H,1,8-9H2,2-4H3,(H,20,21,22,23)/t11-,14+/m0/s1. The van der Waals surface area contributed by atoms with Crippen LogP contribution in [0.4, 0.5) is 16.7 Å². The zero-order valence-corrected chi connectivity index (χ0v) is 15.9. The van der Waals surface area contributed by atoms with E-state index in [1.54, 1.807) is 6.92 Å². The Balaban J connectivity index is 1.59. The highest BCUT2D eigenvalue weighted by Gasteiger charge is 2.37. The fraction of sp³-hybridized carbons (Fsp3) is 0.368. The summed E-state index contributed by atoms with van der Waals surface area (Å²) in [6.45, 7) is 9.96. The van der Waals surface area contributed by atoms with Gasteiger partial charge in [-0.15, -0.1) is 0 Å². The Morgan fingerprint density at radius 3 is 2.82 bits per heavy atom. The third kappa shape index (κ3) is 3.30. The lowest BCUT2D eigenvalue weighted by molar-refractivity contribution is 0.174. The summed E-state index contributed by atoms with van der Waals surface area (Å²) in [5.41, 5.74) is 1.79. The van der Waals surface area contributed by atoms with E-state index in [0.717, 1.165) is 16.9 Å². The van der Waals surface area contributed by atoms with Crippen LogP contribution in [0.3, 0.4) is 0 Å². The Hall–Kier alpha value is -3.36. The number of nitrogens with one attached hydrogen (secondary N) is 1. The maximum Gasteiger partial charge on any atom is 0.417 e. The van der Waals surface area contributed by atoms with E-state index < -0.39 is 6.09 Å². The Morgan fingerprint density at radius 1 is 1.25 bits per heavy atom. The topological polar surface area (TPSA) is 98.7 Å². The molecule has 2 aliphatic heterocycles. The van der Waals surface area contributed by atoms with E-state index in [2.05, 4.69) is 26.8 Å². The molecular weight excluding hydrogens is 362 g/mol. The van der Waals surface area contributed by atoms with E-state index >= 15 is 0 Å². The highest BCUT2D eigenvalue weighted by molar-refractivity contribution is 5.89. The van der Waals surface area contributed by atoms with Crippen LogP contribution in [0.5, 0.6) is 11.5 Å². The third-order valence-corrected chi connectivity index (χ3v) is 4.64. The summed E-state index contributed by atoms with van der Waals surface area (Å²) in [6, 6.07) is 5.34. The first-order valence-corrected chi connectivity index (χ1v) is 8.92. The van der Waals surface area contributed by atoms with Crippen molar-refractivity contribution in [2.75, 3.05) is 23.6 Å². The van der Waals surface area contributed by atoms with E-state index in [4.69, 9.17) is 14.2 Å². The normalized spacial score (nSPS) is 18.8. The van der Waals surface area contributed by atoms with Crippen molar-refractivity contribution in [3.63, 3.8) is 0 Å². The van der Waals surface area contributed by atoms with Crippen molar-refractivity contribution >= 4 is 18.0 Å². The molecule has 3 heterocycles. The molecule has 4 rings (SSSR count). The zero-order valence-electron chi connectivity index (χ0n) is 15.9. The molecule has 1 amide bonds. The van der Waals surface area contributed by atoms with Crippen molar-refractivity contribution in [2.24, 2.45) is 0 Å². The van der Waals surface area contributed by atoms with Crippen LogP contribution in [-0.2, 0) is 4.74 Å². The van der Waals surface area contributed by atoms with Gasteiger partial charge in [0.25, 0.3) is 0 Å². The molecule has 0 aliphatic carbocycles. The molecular formula is C19H21N5O4. The number of nitrogens with zero attached hydrogens (tertiary/aromatic N) is 4. The fourth-order valence-electron chi connectivity index (χ4n) is 3.10. The number of amides is 1. The third-order valence-electron chi connectivity index (χ3n) is 4.64. The van der Waals surface area contributed by atoms with E-state index in [1.165, 1.54) is 4.90 Å². The van der Waals surface area contributed by atoms with Crippen LogP contribution in [0.15, 0.2) is 30.4 Å². The first-order chi connectivity index (χ1) is 13.4. The lowest BCUT2D eigenvalue weighted by atomic mass is 10.1. The minimum atomic E-state index is -0.492. The molecule has 146 valence electrons. The van der Waals surface area contributed by atoms with Crippen LogP contribution in [0, 0.1) is 6.92 Å². The minimum Gasteiger partial charge on any atom is -0.454 e. The summed E-state index contributed by atoms with van der Waals surface area (Å²) in [6.07, 6.45) is -0.492. The molecule has 1 N–H and O–H groups in total. The number of rotatable bonds is 5. The summed E-state index contributed by atoms with van der Waals surface area (Å²) >= 11 is 0. The van der Waals surface area contributed by atoms with Crippen molar-refractivity contribution in [2.45, 2.75) is 32.9 Å². The van der Waals surface area contributed by atoms with Gasteiger partial charge in [-0.2, -0.15) is 15.0 Å². The number of benzene rings is 1. The van der Waals surface area contributed by atoms with Crippen LogP contribution < -0.4 is 19.7 Å². The number of cyclic esters (lactones) is 1. The average molecular weight is 383 g/mol. The lowest BCUT2D eigenvalue weighted by Crippen LogP contribution is -2.36. The molecule has 1 saturated heterocycles. The van der Waals surface area contributed by atoms with Gasteiger partial charge in [-0.25, -0.2) is 9.69 Å². The largest absolute Gasteiger partial charge is 0.454 e. The number of hydrogen-bond acceptors (Lipinski definition) is 8. The number of hydrogen-bond donors (Lipinski definition) is 1. The van der Waals surface area contributed by atoms with E-state index in [-0.39, 0.29) is 31.4 Å². The fourth-order valence-corrected chi connectivity index (χ4v) is 3.10. The number of anilines is 2. The summed E-state index contributed by atoms with van der Waals surface area (Å²) in [5.74, 6) is 2.54. The number of aryl methyl sites for hydroxylation is 1. The quantitative estimate of drug-likeness (QED) is 0.787. The molecule has 9 nitrogen and oxygen atoms in total. The number of carbonyl (C=O) groups is 1. The second kappa shape index (κ2) is 6.99. The van der Waals surface area contributed by atoms with Gasteiger partial charge in [0.1, 0.15) is 12.4 Å². The molecule has 2 aliphatic rings. The monoisotopic (exact) mass is 383 g/mol. The van der Waals surface area contributed by atoms with Gasteiger partial charge in [0, 0.05) is 0 Å². The summed E-state index contributed by atoms with van der Waals surface area (Å²) in [4.78, 5) is 26.7. The first-order valence-electron chi connectivity index (χ1n) is 8.92. The van der Waals surface area contributed by atoms with E-state index in [1.807, 2.05) is 32.0 Å². The van der Waals surface area contributed by atoms with Gasteiger partial charge < -0.3 is 19.5 Å². The highest BCUT2D eigenvalue weighted by atomic mass is 16.7. The molecule has 0 bridgehead atoms. The summed E-state index contributed by atoms with van der Waals surface area (Å²) in [5, 5.41) is 3.25. The maximum absolute atomic E-state index is 12.2. The maximum atomic E-state index is 12.2. The molecule has 0 unspecified atom stereocenters. The van der Waals surface area contributed by atoms with Crippen LogP contribution in [0.2, 0.25) is 0 Å². The van der Waals surface area contributed by atoms with E-state index in [0.29, 0.717) is 17.5 Å². The molecule has 1 aromatic heterocycles. The number of fused-ring (bicyclic) bond motifs is 1. The lowest BCUT2D eigenvalue weighted by Gasteiger charge is -2.21.